The average molecular weight is 913 g/mol. The summed E-state index contributed by atoms with van der Waals surface area (Å²) in [6.07, 6.45) is 8.79. The SMILES string of the molecule is CCc1c(F)ccc2cc(O[Si](C(C)C)(C(C)C)C(C)C)cc(-c3ncc4c(N5CCC[C@]6(CCO6)C5)nc(OC[C@@]56CCCN5[C@H](COC(=O)N5CCC(=O)CC5)CC6)nc4c3F)c12. The molecule has 2 aromatic heterocycles. The molecule has 0 radical (unpaired) electrons. The summed E-state index contributed by atoms with van der Waals surface area (Å²) in [7, 11) is -2.45. The van der Waals surface area contributed by atoms with Crippen LogP contribution in [0.3, 0.4) is 0 Å². The van der Waals surface area contributed by atoms with E-state index in [1.54, 1.807) is 17.2 Å². The van der Waals surface area contributed by atoms with Crippen molar-refractivity contribution in [3.8, 4) is 23.0 Å². The number of carbonyl (C=O) groups excluding carboxylic acids is 2. The number of ketones is 1. The number of aryl methyl sites for hydroxylation is 1. The van der Waals surface area contributed by atoms with Crippen molar-refractivity contribution in [3.63, 3.8) is 0 Å². The molecule has 12 nitrogen and oxygen atoms in total. The van der Waals surface area contributed by atoms with Crippen molar-refractivity contribution in [1.29, 1.82) is 0 Å². The van der Waals surface area contributed by atoms with Gasteiger partial charge in [0.1, 0.15) is 47.6 Å². The lowest BCUT2D eigenvalue weighted by atomic mass is 9.86. The Kier molecular flexibility index (Phi) is 12.6. The predicted molar refractivity (Wildman–Crippen MR) is 250 cm³/mol. The summed E-state index contributed by atoms with van der Waals surface area (Å²) >= 11 is 0. The number of aromatic nitrogens is 3. The molecule has 5 fully saturated rings. The van der Waals surface area contributed by atoms with Gasteiger partial charge in [-0.1, -0.05) is 54.5 Å². The van der Waals surface area contributed by atoms with Crippen LogP contribution in [0.1, 0.15) is 112 Å². The molecule has 7 heterocycles. The number of amides is 1. The minimum Gasteiger partial charge on any atom is -0.543 e. The smallest absolute Gasteiger partial charge is 0.409 e. The standard InChI is InChI=1S/C50H66F2N6O6Si/c1-8-38-41(51)12-11-34-25-37(64-65(31(2)3,32(4)5)33(6)7)26-39(42(34)38)44-43(52)45-40(27-53-44)46(57-20-10-17-50(29-57)19-24-63-50)55-47(54-45)62-30-49-16-9-21-58(49)35(13-18-49)28-61-48(60)56-22-14-36(59)15-23-56/h11-12,25-27,31-33,35H,8-10,13-24,28-30H2,1-7H3/t35-,49-,50-/m0/s1. The number of rotatable bonds is 13. The van der Waals surface area contributed by atoms with Gasteiger partial charge < -0.3 is 28.4 Å². The third-order valence-corrected chi connectivity index (χ3v) is 21.7. The van der Waals surface area contributed by atoms with Crippen molar-refractivity contribution < 1.29 is 37.0 Å². The number of piperidine rings is 2. The van der Waals surface area contributed by atoms with E-state index in [2.05, 4.69) is 51.3 Å². The van der Waals surface area contributed by atoms with Crippen LogP contribution in [-0.2, 0) is 20.7 Å². The number of carbonyl (C=O) groups is 2. The Bertz CT molecular complexity index is 2430. The number of fused-ring (bicyclic) bond motifs is 3. The minimum atomic E-state index is -2.45. The molecule has 0 bridgehead atoms. The molecule has 350 valence electrons. The van der Waals surface area contributed by atoms with Crippen LogP contribution in [0.25, 0.3) is 32.9 Å². The number of Topliss-reactive ketones (excluding diaryl/α,β-unsaturated/α-hetero) is 1. The van der Waals surface area contributed by atoms with Crippen LogP contribution in [0.5, 0.6) is 11.8 Å². The maximum absolute atomic E-state index is 17.9. The van der Waals surface area contributed by atoms with Gasteiger partial charge in [-0.2, -0.15) is 9.97 Å². The molecule has 65 heavy (non-hydrogen) atoms. The van der Waals surface area contributed by atoms with E-state index in [9.17, 15) is 9.59 Å². The molecule has 4 aromatic rings. The molecule has 0 saturated carbocycles. The van der Waals surface area contributed by atoms with Crippen molar-refractivity contribution >= 4 is 47.7 Å². The largest absolute Gasteiger partial charge is 0.543 e. The zero-order valence-electron chi connectivity index (χ0n) is 39.3. The van der Waals surface area contributed by atoms with Gasteiger partial charge in [0.05, 0.1) is 23.1 Å². The Morgan fingerprint density at radius 1 is 0.954 bits per heavy atom. The minimum absolute atomic E-state index is 0.0319. The summed E-state index contributed by atoms with van der Waals surface area (Å²) in [5, 5.41) is 1.84. The highest BCUT2D eigenvalue weighted by molar-refractivity contribution is 6.78. The predicted octanol–water partition coefficient (Wildman–Crippen LogP) is 10.2. The number of benzene rings is 2. The Labute approximate surface area is 382 Å². The molecular formula is C50H66F2N6O6Si. The number of likely N-dealkylation sites (tertiary alicyclic amines) is 1. The van der Waals surface area contributed by atoms with E-state index >= 15 is 8.78 Å². The maximum Gasteiger partial charge on any atom is 0.409 e. The highest BCUT2D eigenvalue weighted by Gasteiger charge is 2.51. The van der Waals surface area contributed by atoms with Gasteiger partial charge in [-0.15, -0.1) is 0 Å². The van der Waals surface area contributed by atoms with E-state index in [1.165, 1.54) is 6.07 Å². The summed E-state index contributed by atoms with van der Waals surface area (Å²) < 4.78 is 59.5. The van der Waals surface area contributed by atoms with Gasteiger partial charge in [-0.3, -0.25) is 14.7 Å². The zero-order chi connectivity index (χ0) is 45.8. The monoisotopic (exact) mass is 912 g/mol. The van der Waals surface area contributed by atoms with Crippen molar-refractivity contribution in [2.24, 2.45) is 0 Å². The Morgan fingerprint density at radius 3 is 2.38 bits per heavy atom. The van der Waals surface area contributed by atoms with Crippen LogP contribution in [-0.4, -0.2) is 115 Å². The zero-order valence-corrected chi connectivity index (χ0v) is 40.3. The molecule has 9 rings (SSSR count). The first-order valence-corrected chi connectivity index (χ1v) is 26.3. The molecule has 2 aromatic carbocycles. The van der Waals surface area contributed by atoms with E-state index in [0.717, 1.165) is 63.5 Å². The van der Waals surface area contributed by atoms with E-state index in [1.807, 2.05) is 19.1 Å². The highest BCUT2D eigenvalue weighted by atomic mass is 28.4. The molecule has 1 amide bonds. The van der Waals surface area contributed by atoms with Crippen LogP contribution in [0.4, 0.5) is 19.4 Å². The van der Waals surface area contributed by atoms with Crippen molar-refractivity contribution in [2.45, 2.75) is 146 Å². The second kappa shape index (κ2) is 18.0. The topological polar surface area (TPSA) is 119 Å². The lowest BCUT2D eigenvalue weighted by Crippen LogP contribution is -2.56. The lowest BCUT2D eigenvalue weighted by Gasteiger charge is -2.48. The van der Waals surface area contributed by atoms with Gasteiger partial charge in [-0.05, 0) is 103 Å². The number of anilines is 1. The number of halogens is 2. The van der Waals surface area contributed by atoms with Gasteiger partial charge in [0.25, 0.3) is 8.32 Å². The molecule has 3 atom stereocenters. The summed E-state index contributed by atoms with van der Waals surface area (Å²) in [6, 6.07) is 7.20. The molecule has 5 aliphatic heterocycles. The van der Waals surface area contributed by atoms with Crippen LogP contribution in [0.2, 0.25) is 16.6 Å². The number of ether oxygens (including phenoxy) is 3. The fourth-order valence-corrected chi connectivity index (χ4v) is 17.6. The van der Waals surface area contributed by atoms with Crippen molar-refractivity contribution in [2.75, 3.05) is 57.4 Å². The molecule has 1 spiro atoms. The molecule has 0 aliphatic carbocycles. The van der Waals surface area contributed by atoms with E-state index in [4.69, 9.17) is 33.6 Å². The van der Waals surface area contributed by atoms with Crippen molar-refractivity contribution in [1.82, 2.24) is 24.8 Å². The third kappa shape index (κ3) is 8.25. The third-order valence-electron chi connectivity index (χ3n) is 15.7. The number of hydrogen-bond donors (Lipinski definition) is 0. The van der Waals surface area contributed by atoms with Crippen LogP contribution in [0.15, 0.2) is 30.5 Å². The van der Waals surface area contributed by atoms with Gasteiger partial charge >= 0.3 is 12.1 Å². The van der Waals surface area contributed by atoms with E-state index in [-0.39, 0.29) is 58.7 Å². The molecule has 0 unspecified atom stereocenters. The fourth-order valence-electron chi connectivity index (χ4n) is 12.3. The summed E-state index contributed by atoms with van der Waals surface area (Å²) in [4.78, 5) is 45.7. The summed E-state index contributed by atoms with van der Waals surface area (Å²) in [5.41, 5.74) is 1.42. The Morgan fingerprint density at radius 2 is 1.69 bits per heavy atom. The van der Waals surface area contributed by atoms with E-state index in [0.29, 0.717) is 102 Å². The second-order valence-electron chi connectivity index (χ2n) is 20.3. The molecule has 5 saturated heterocycles. The lowest BCUT2D eigenvalue weighted by molar-refractivity contribution is -0.151. The second-order valence-corrected chi connectivity index (χ2v) is 25.7. The van der Waals surface area contributed by atoms with Gasteiger partial charge in [-0.25, -0.2) is 13.6 Å². The summed E-state index contributed by atoms with van der Waals surface area (Å²) in [5.74, 6) is 0.378. The van der Waals surface area contributed by atoms with Gasteiger partial charge in [0.2, 0.25) is 0 Å². The van der Waals surface area contributed by atoms with Crippen LogP contribution < -0.4 is 14.1 Å². The molecular weight excluding hydrogens is 847 g/mol. The highest BCUT2D eigenvalue weighted by Crippen LogP contribution is 2.47. The molecule has 5 aliphatic rings. The molecule has 15 heteroatoms. The first kappa shape index (κ1) is 45.7. The quantitative estimate of drug-likeness (QED) is 0.119. The average Bonchev–Trinajstić information content (AvgIpc) is 3.85. The Hall–Kier alpha value is -4.47. The maximum atomic E-state index is 17.9. The van der Waals surface area contributed by atoms with E-state index < -0.39 is 14.1 Å². The first-order valence-electron chi connectivity index (χ1n) is 24.2. The van der Waals surface area contributed by atoms with Crippen LogP contribution >= 0.6 is 0 Å². The number of pyridine rings is 1. The number of nitrogens with zero attached hydrogens (tertiary/aromatic N) is 6. The number of hydrogen-bond acceptors (Lipinski definition) is 11. The Balaban J connectivity index is 1.09. The van der Waals surface area contributed by atoms with Gasteiger partial charge in [0.15, 0.2) is 5.82 Å². The summed E-state index contributed by atoms with van der Waals surface area (Å²) in [6.45, 7) is 19.5. The normalized spacial score (nSPS) is 23.9. The van der Waals surface area contributed by atoms with Crippen molar-refractivity contribution in [3.05, 3.63) is 47.7 Å². The van der Waals surface area contributed by atoms with Crippen LogP contribution in [0, 0.1) is 11.6 Å². The first-order chi connectivity index (χ1) is 31.2. The fraction of sp³-hybridized carbons (Fsp3) is 0.620. The molecule has 0 N–H and O–H groups in total. The van der Waals surface area contributed by atoms with Gasteiger partial charge in [0, 0.05) is 63.2 Å².